The summed E-state index contributed by atoms with van der Waals surface area (Å²) < 4.78 is 32.4. The van der Waals surface area contributed by atoms with Crippen LogP contribution in [-0.4, -0.2) is 64.0 Å². The van der Waals surface area contributed by atoms with Gasteiger partial charge >= 0.3 is 7.60 Å². The monoisotopic (exact) mass is 501 g/mol. The molecule has 3 heterocycles. The van der Waals surface area contributed by atoms with E-state index in [1.807, 2.05) is 0 Å². The molecule has 0 saturated carbocycles. The Kier molecular flexibility index (Phi) is 6.70. The third-order valence-corrected chi connectivity index (χ3v) is 6.45. The number of nitrogens with one attached hydrogen (secondary N) is 1. The van der Waals surface area contributed by atoms with Crippen LogP contribution in [0.15, 0.2) is 30.6 Å². The molecule has 0 amide bonds. The summed E-state index contributed by atoms with van der Waals surface area (Å²) in [4.78, 5) is 30.7. The second-order valence-electron chi connectivity index (χ2n) is 7.78. The summed E-state index contributed by atoms with van der Waals surface area (Å²) >= 11 is 6.10. The summed E-state index contributed by atoms with van der Waals surface area (Å²) in [5.74, 6) is -0.164. The van der Waals surface area contributed by atoms with Gasteiger partial charge in [0.15, 0.2) is 23.2 Å². The number of hydrogen-bond donors (Lipinski definition) is 5. The standard InChI is InChI=1S/C19H22ClFN5O6P/c1-9(10-4-2-3-5-11(10)21)23-16-13-17(25-19(20)24-16)26(8-22-13)18-15(28)14(27)12(32-18)6-7-33(29,30)31/h2-5,8-9,12,14-15,18,27-28H,6-7H2,1H3,(H,23,24,25)(H2,29,30,31)/t9-,12?,14?,15?,18?/m0/s1. The fourth-order valence-electron chi connectivity index (χ4n) is 3.78. The van der Waals surface area contributed by atoms with E-state index in [2.05, 4.69) is 20.3 Å². The van der Waals surface area contributed by atoms with E-state index in [0.717, 1.165) is 0 Å². The molecule has 33 heavy (non-hydrogen) atoms. The molecule has 0 bridgehead atoms. The Morgan fingerprint density at radius 1 is 1.27 bits per heavy atom. The second-order valence-corrected chi connectivity index (χ2v) is 9.89. The molecule has 4 unspecified atom stereocenters. The van der Waals surface area contributed by atoms with E-state index >= 15 is 0 Å². The van der Waals surface area contributed by atoms with E-state index in [1.54, 1.807) is 25.1 Å². The number of nitrogens with zero attached hydrogens (tertiary/aromatic N) is 4. The molecule has 0 radical (unpaired) electrons. The summed E-state index contributed by atoms with van der Waals surface area (Å²) in [7, 11) is -4.30. The van der Waals surface area contributed by atoms with Crippen molar-refractivity contribution in [1.29, 1.82) is 0 Å². The molecule has 1 saturated heterocycles. The summed E-state index contributed by atoms with van der Waals surface area (Å²) in [5, 5.41) is 23.7. The van der Waals surface area contributed by atoms with Crippen molar-refractivity contribution in [2.24, 2.45) is 0 Å². The van der Waals surface area contributed by atoms with Crippen molar-refractivity contribution in [3.63, 3.8) is 0 Å². The Morgan fingerprint density at radius 2 is 2.00 bits per heavy atom. The SMILES string of the molecule is C[C@H](Nc1nc(Cl)nc2c1ncn2C1OC(CCP(=O)(O)O)C(O)C1O)c1ccccc1F. The molecule has 0 aliphatic carbocycles. The van der Waals surface area contributed by atoms with Crippen molar-refractivity contribution in [1.82, 2.24) is 19.5 Å². The number of aliphatic hydroxyl groups is 2. The molecule has 5 N–H and O–H groups in total. The van der Waals surface area contributed by atoms with Gasteiger partial charge in [-0.05, 0) is 31.0 Å². The molecule has 178 valence electrons. The minimum absolute atomic E-state index is 0.140. The van der Waals surface area contributed by atoms with Crippen LogP contribution in [0, 0.1) is 5.82 Å². The van der Waals surface area contributed by atoms with Crippen LogP contribution in [-0.2, 0) is 9.30 Å². The molecule has 4 rings (SSSR count). The van der Waals surface area contributed by atoms with Crippen LogP contribution in [0.25, 0.3) is 11.2 Å². The van der Waals surface area contributed by atoms with E-state index in [0.29, 0.717) is 5.56 Å². The highest BCUT2D eigenvalue weighted by Crippen LogP contribution is 2.40. The van der Waals surface area contributed by atoms with E-state index in [1.165, 1.54) is 17.0 Å². The van der Waals surface area contributed by atoms with Crippen molar-refractivity contribution >= 4 is 36.2 Å². The van der Waals surface area contributed by atoms with Crippen LogP contribution in [0.2, 0.25) is 5.28 Å². The van der Waals surface area contributed by atoms with Gasteiger partial charge in [-0.15, -0.1) is 0 Å². The summed E-state index contributed by atoms with van der Waals surface area (Å²) in [6.07, 6.45) is -4.27. The van der Waals surface area contributed by atoms with Gasteiger partial charge < -0.3 is 30.1 Å². The third-order valence-electron chi connectivity index (χ3n) is 5.44. The van der Waals surface area contributed by atoms with E-state index in [9.17, 15) is 19.2 Å². The van der Waals surface area contributed by atoms with Gasteiger partial charge in [0.05, 0.1) is 24.6 Å². The van der Waals surface area contributed by atoms with Crippen LogP contribution in [0.5, 0.6) is 0 Å². The number of aliphatic hydroxyl groups excluding tert-OH is 2. The molecule has 11 nitrogen and oxygen atoms in total. The minimum Gasteiger partial charge on any atom is -0.388 e. The van der Waals surface area contributed by atoms with Crippen molar-refractivity contribution in [3.05, 3.63) is 47.3 Å². The summed E-state index contributed by atoms with van der Waals surface area (Å²) in [5.41, 5.74) is 0.863. The smallest absolute Gasteiger partial charge is 0.325 e. The molecule has 1 fully saturated rings. The molecule has 14 heteroatoms. The summed E-state index contributed by atoms with van der Waals surface area (Å²) in [6, 6.07) is 5.78. The number of halogens is 2. The Bertz CT molecular complexity index is 1210. The number of hydrogen-bond acceptors (Lipinski definition) is 8. The highest BCUT2D eigenvalue weighted by atomic mass is 35.5. The Morgan fingerprint density at radius 3 is 2.70 bits per heavy atom. The quantitative estimate of drug-likeness (QED) is 0.239. The van der Waals surface area contributed by atoms with E-state index in [-0.39, 0.29) is 28.7 Å². The molecule has 1 aromatic carbocycles. The van der Waals surface area contributed by atoms with Gasteiger partial charge in [0.25, 0.3) is 0 Å². The minimum atomic E-state index is -4.30. The molecule has 0 spiro atoms. The average molecular weight is 502 g/mol. The van der Waals surface area contributed by atoms with Gasteiger partial charge in [0, 0.05) is 5.56 Å². The van der Waals surface area contributed by atoms with Gasteiger partial charge in [0.2, 0.25) is 5.28 Å². The lowest BCUT2D eigenvalue weighted by atomic mass is 10.1. The first-order valence-electron chi connectivity index (χ1n) is 10.0. The van der Waals surface area contributed by atoms with Crippen LogP contribution in [0.1, 0.15) is 31.2 Å². The highest BCUT2D eigenvalue weighted by molar-refractivity contribution is 7.51. The molecule has 3 aromatic rings. The lowest BCUT2D eigenvalue weighted by Crippen LogP contribution is -2.31. The first-order valence-corrected chi connectivity index (χ1v) is 12.2. The zero-order valence-corrected chi connectivity index (χ0v) is 18.9. The maximum Gasteiger partial charge on any atom is 0.325 e. The number of imidazole rings is 1. The fourth-order valence-corrected chi connectivity index (χ4v) is 4.53. The third kappa shape index (κ3) is 5.02. The van der Waals surface area contributed by atoms with Gasteiger partial charge in [-0.2, -0.15) is 9.97 Å². The molecule has 1 aliphatic rings. The molecular formula is C19H22ClFN5O6P. The molecule has 1 aliphatic heterocycles. The van der Waals surface area contributed by atoms with E-state index in [4.69, 9.17) is 26.1 Å². The molecular weight excluding hydrogens is 480 g/mol. The summed E-state index contributed by atoms with van der Waals surface area (Å²) in [6.45, 7) is 1.74. The average Bonchev–Trinajstić information content (AvgIpc) is 3.27. The number of rotatable bonds is 7. The maximum absolute atomic E-state index is 14.2. The highest BCUT2D eigenvalue weighted by Gasteiger charge is 2.44. The van der Waals surface area contributed by atoms with Crippen LogP contribution in [0.4, 0.5) is 10.2 Å². The van der Waals surface area contributed by atoms with Crippen molar-refractivity contribution in [2.45, 2.75) is 43.9 Å². The predicted octanol–water partition coefficient (Wildman–Crippen LogP) is 1.98. The van der Waals surface area contributed by atoms with E-state index < -0.39 is 50.2 Å². The lowest BCUT2D eigenvalue weighted by molar-refractivity contribution is -0.0355. The molecule has 5 atom stereocenters. The number of benzene rings is 1. The second kappa shape index (κ2) is 9.22. The number of fused-ring (bicyclic) bond motifs is 1. The maximum atomic E-state index is 14.2. The van der Waals surface area contributed by atoms with Crippen molar-refractivity contribution in [2.75, 3.05) is 11.5 Å². The van der Waals surface area contributed by atoms with Gasteiger partial charge in [-0.3, -0.25) is 9.13 Å². The van der Waals surface area contributed by atoms with Crippen LogP contribution >= 0.6 is 19.2 Å². The van der Waals surface area contributed by atoms with Crippen molar-refractivity contribution in [3.8, 4) is 0 Å². The van der Waals surface area contributed by atoms with Crippen LogP contribution < -0.4 is 5.32 Å². The lowest BCUT2D eigenvalue weighted by Gasteiger charge is -2.18. The Balaban J connectivity index is 1.62. The molecule has 2 aromatic heterocycles. The fraction of sp³-hybridized carbons (Fsp3) is 0.421. The number of ether oxygens (including phenoxy) is 1. The first kappa shape index (κ1) is 24.0. The number of aromatic nitrogens is 4. The topological polar surface area (TPSA) is 163 Å². The van der Waals surface area contributed by atoms with Gasteiger partial charge in [-0.25, -0.2) is 9.37 Å². The zero-order valence-electron chi connectivity index (χ0n) is 17.3. The normalized spacial score (nSPS) is 24.3. The Hall–Kier alpha value is -2.18. The Labute approximate surface area is 192 Å². The number of anilines is 1. The largest absolute Gasteiger partial charge is 0.388 e. The van der Waals surface area contributed by atoms with Crippen LogP contribution in [0.3, 0.4) is 0 Å². The first-order chi connectivity index (χ1) is 15.5. The van der Waals surface area contributed by atoms with Gasteiger partial charge in [-0.1, -0.05) is 18.2 Å². The predicted molar refractivity (Wildman–Crippen MR) is 116 cm³/mol. The van der Waals surface area contributed by atoms with Crippen molar-refractivity contribution < 1.29 is 33.7 Å². The zero-order chi connectivity index (χ0) is 23.9. The van der Waals surface area contributed by atoms with Gasteiger partial charge in [0.1, 0.15) is 18.0 Å².